The molecule has 0 rings (SSSR count). The predicted molar refractivity (Wildman–Crippen MR) is 53.3 cm³/mol. The number of nitrogens with one attached hydrogen (secondary N) is 1. The van der Waals surface area contributed by atoms with Crippen LogP contribution in [0.5, 0.6) is 0 Å². The van der Waals surface area contributed by atoms with Crippen molar-refractivity contribution in [1.82, 2.24) is 4.72 Å². The quantitative estimate of drug-likeness (QED) is 0.765. The molecule has 0 unspecified atom stereocenters. The average molecular weight is 244 g/mol. The first-order valence-corrected chi connectivity index (χ1v) is 6.31. The van der Waals surface area contributed by atoms with Gasteiger partial charge in [0.1, 0.15) is 5.60 Å². The number of ether oxygens (including phenoxy) is 1. The van der Waals surface area contributed by atoms with E-state index >= 15 is 0 Å². The first kappa shape index (κ1) is 13.5. The van der Waals surface area contributed by atoms with E-state index in [1.165, 1.54) is 4.72 Å². The molecule has 0 atom stereocenters. The van der Waals surface area contributed by atoms with E-state index in [0.717, 1.165) is 0 Å². The molecule has 5 nitrogen and oxygen atoms in total. The molecule has 1 amide bonds. The Kier molecular flexibility index (Phi) is 4.20. The maximum atomic E-state index is 11.0. The molecular formula is C7H14ClNO4S. The van der Waals surface area contributed by atoms with Crippen molar-refractivity contribution >= 4 is 26.0 Å². The molecule has 84 valence electrons. The Bertz CT molecular complexity index is 310. The van der Waals surface area contributed by atoms with Crippen LogP contribution in [0.3, 0.4) is 0 Å². The van der Waals surface area contributed by atoms with E-state index in [0.29, 0.717) is 0 Å². The van der Waals surface area contributed by atoms with E-state index < -0.39 is 20.9 Å². The number of halogens is 1. The zero-order chi connectivity index (χ0) is 11.6. The van der Waals surface area contributed by atoms with Gasteiger partial charge in [0, 0.05) is 10.7 Å². The zero-order valence-corrected chi connectivity index (χ0v) is 10.1. The summed E-state index contributed by atoms with van der Waals surface area (Å²) in [5.41, 5.74) is -0.744. The fraction of sp³-hybridized carbons (Fsp3) is 0.857. The van der Waals surface area contributed by atoms with Crippen LogP contribution in [0.2, 0.25) is 0 Å². The van der Waals surface area contributed by atoms with Gasteiger partial charge < -0.3 is 4.74 Å². The van der Waals surface area contributed by atoms with Gasteiger partial charge in [0.2, 0.25) is 0 Å². The zero-order valence-electron chi connectivity index (χ0n) is 8.50. The van der Waals surface area contributed by atoms with Crippen molar-refractivity contribution < 1.29 is 17.9 Å². The molecule has 7 heteroatoms. The van der Waals surface area contributed by atoms with Crippen LogP contribution in [0, 0.1) is 5.92 Å². The molecule has 1 N–H and O–H groups in total. The van der Waals surface area contributed by atoms with Gasteiger partial charge in [0.15, 0.2) is 0 Å². The van der Waals surface area contributed by atoms with Gasteiger partial charge in [-0.15, -0.1) is 0 Å². The van der Waals surface area contributed by atoms with Crippen molar-refractivity contribution in [2.24, 2.45) is 5.92 Å². The normalized spacial score (nSPS) is 12.7. The summed E-state index contributed by atoms with van der Waals surface area (Å²) >= 11 is 0. The third-order valence-electron chi connectivity index (χ3n) is 1.95. The van der Waals surface area contributed by atoms with E-state index in [2.05, 4.69) is 0 Å². The summed E-state index contributed by atoms with van der Waals surface area (Å²) in [6.07, 6.45) is -1.07. The minimum Gasteiger partial charge on any atom is -0.443 e. The lowest BCUT2D eigenvalue weighted by Crippen LogP contribution is -2.39. The van der Waals surface area contributed by atoms with Crippen LogP contribution < -0.4 is 4.72 Å². The lowest BCUT2D eigenvalue weighted by Gasteiger charge is -2.28. The fourth-order valence-corrected chi connectivity index (χ4v) is 0.907. The van der Waals surface area contributed by atoms with Gasteiger partial charge in [-0.25, -0.2) is 9.52 Å². The minimum atomic E-state index is -4.07. The molecule has 0 spiro atoms. The van der Waals surface area contributed by atoms with E-state index in [1.54, 1.807) is 13.8 Å². The summed E-state index contributed by atoms with van der Waals surface area (Å²) < 4.78 is 27.3. The minimum absolute atomic E-state index is 0.0614. The van der Waals surface area contributed by atoms with Crippen molar-refractivity contribution in [3.05, 3.63) is 0 Å². The van der Waals surface area contributed by atoms with Crippen LogP contribution >= 0.6 is 10.7 Å². The van der Waals surface area contributed by atoms with E-state index in [1.807, 2.05) is 13.8 Å². The summed E-state index contributed by atoms with van der Waals surface area (Å²) in [4.78, 5) is 11.0. The van der Waals surface area contributed by atoms with E-state index in [9.17, 15) is 13.2 Å². The molecule has 14 heavy (non-hydrogen) atoms. The summed E-state index contributed by atoms with van der Waals surface area (Å²) in [5.74, 6) is 0.0614. The smallest absolute Gasteiger partial charge is 0.422 e. The Morgan fingerprint density at radius 2 is 1.86 bits per heavy atom. The second kappa shape index (κ2) is 4.35. The third-order valence-corrected chi connectivity index (χ3v) is 2.59. The topological polar surface area (TPSA) is 72.5 Å². The monoisotopic (exact) mass is 243 g/mol. The number of carbonyl (C=O) groups is 1. The lowest BCUT2D eigenvalue weighted by molar-refractivity contribution is 0.00842. The Hall–Kier alpha value is -0.490. The number of amides is 1. The lowest BCUT2D eigenvalue weighted by atomic mass is 9.95. The molecular weight excluding hydrogens is 230 g/mol. The highest BCUT2D eigenvalue weighted by atomic mass is 35.7. The maximum absolute atomic E-state index is 11.0. The number of hydrogen-bond donors (Lipinski definition) is 1. The first-order chi connectivity index (χ1) is 6.04. The molecule has 0 aromatic rings. The maximum Gasteiger partial charge on any atom is 0.422 e. The molecule has 0 aromatic carbocycles. The first-order valence-electron chi connectivity index (χ1n) is 4.00. The molecule has 0 radical (unpaired) electrons. The standard InChI is InChI=1S/C7H14ClNO4S/c1-5(2)7(3,4)13-6(10)9-14(8,11)12/h5H,1-4H3,(H,9,10). The SMILES string of the molecule is CC(C)C(C)(C)OC(=O)NS(=O)(=O)Cl. The van der Waals surface area contributed by atoms with Gasteiger partial charge in [-0.1, -0.05) is 13.8 Å². The molecule has 0 aliphatic rings. The molecule has 0 saturated heterocycles. The van der Waals surface area contributed by atoms with Crippen LogP contribution in [0.1, 0.15) is 27.7 Å². The largest absolute Gasteiger partial charge is 0.443 e. The van der Waals surface area contributed by atoms with Crippen molar-refractivity contribution in [3.63, 3.8) is 0 Å². The van der Waals surface area contributed by atoms with Crippen LogP contribution in [0.25, 0.3) is 0 Å². The number of carbonyl (C=O) groups excluding carboxylic acids is 1. The summed E-state index contributed by atoms with van der Waals surface area (Å²) in [7, 11) is 0.723. The van der Waals surface area contributed by atoms with Crippen LogP contribution in [-0.2, 0) is 14.0 Å². The van der Waals surface area contributed by atoms with Gasteiger partial charge >= 0.3 is 15.3 Å². The molecule has 0 saturated carbocycles. The van der Waals surface area contributed by atoms with Gasteiger partial charge in [-0.3, -0.25) is 0 Å². The Morgan fingerprint density at radius 1 is 1.43 bits per heavy atom. The summed E-state index contributed by atoms with van der Waals surface area (Å²) in [6.45, 7) is 7.06. The Balaban J connectivity index is 4.35. The molecule has 0 bridgehead atoms. The van der Waals surface area contributed by atoms with Gasteiger partial charge in [-0.2, -0.15) is 8.42 Å². The third kappa shape index (κ3) is 5.29. The van der Waals surface area contributed by atoms with E-state index in [4.69, 9.17) is 15.4 Å². The highest BCUT2D eigenvalue weighted by Gasteiger charge is 2.28. The summed E-state index contributed by atoms with van der Waals surface area (Å²) in [5, 5.41) is 0. The summed E-state index contributed by atoms with van der Waals surface area (Å²) in [6, 6.07) is 0. The fourth-order valence-electron chi connectivity index (χ4n) is 0.477. The van der Waals surface area contributed by atoms with Crippen molar-refractivity contribution in [2.45, 2.75) is 33.3 Å². The van der Waals surface area contributed by atoms with Crippen molar-refractivity contribution in [3.8, 4) is 0 Å². The second-order valence-corrected chi connectivity index (χ2v) is 5.99. The van der Waals surface area contributed by atoms with Gasteiger partial charge in [0.05, 0.1) is 0 Å². The molecule has 0 heterocycles. The van der Waals surface area contributed by atoms with Crippen LogP contribution in [0.15, 0.2) is 0 Å². The molecule has 0 aromatic heterocycles. The van der Waals surface area contributed by atoms with Crippen molar-refractivity contribution in [2.75, 3.05) is 0 Å². The highest BCUT2D eigenvalue weighted by molar-refractivity contribution is 8.12. The highest BCUT2D eigenvalue weighted by Crippen LogP contribution is 2.20. The average Bonchev–Trinajstić information content (AvgIpc) is 1.79. The Morgan fingerprint density at radius 3 is 2.14 bits per heavy atom. The molecule has 0 aliphatic carbocycles. The van der Waals surface area contributed by atoms with Crippen molar-refractivity contribution in [1.29, 1.82) is 0 Å². The molecule has 0 fully saturated rings. The number of rotatable bonds is 3. The number of hydrogen-bond acceptors (Lipinski definition) is 4. The molecule has 0 aliphatic heterocycles. The second-order valence-electron chi connectivity index (χ2n) is 3.69. The van der Waals surface area contributed by atoms with E-state index in [-0.39, 0.29) is 5.92 Å². The van der Waals surface area contributed by atoms with Crippen LogP contribution in [-0.4, -0.2) is 20.1 Å². The van der Waals surface area contributed by atoms with Crippen LogP contribution in [0.4, 0.5) is 4.79 Å². The van der Waals surface area contributed by atoms with Gasteiger partial charge in [0.25, 0.3) is 0 Å². The Labute approximate surface area is 88.3 Å². The predicted octanol–water partition coefficient (Wildman–Crippen LogP) is 1.63. The van der Waals surface area contributed by atoms with Gasteiger partial charge in [-0.05, 0) is 19.8 Å².